The first-order valence-corrected chi connectivity index (χ1v) is 5.17. The largest absolute Gasteiger partial charge is 0.506 e. The summed E-state index contributed by atoms with van der Waals surface area (Å²) in [5.74, 6) is 0.198. The van der Waals surface area contributed by atoms with Crippen molar-refractivity contribution in [3.8, 4) is 5.75 Å². The molecule has 1 aliphatic carbocycles. The van der Waals surface area contributed by atoms with Crippen molar-refractivity contribution >= 4 is 11.6 Å². The van der Waals surface area contributed by atoms with Crippen LogP contribution in [0.2, 0.25) is 5.02 Å². The summed E-state index contributed by atoms with van der Waals surface area (Å²) < 4.78 is 0. The molecule has 0 amide bonds. The zero-order chi connectivity index (χ0) is 10.3. The molecule has 0 unspecified atom stereocenters. The standard InChI is InChI=1S/C11H14ClNO/c1-7-2-3-8(9(12)10(7)14)11(6-13)4-5-11/h2-3,14H,4-6,13H2,1H3. The second kappa shape index (κ2) is 3.14. The molecule has 0 aliphatic heterocycles. The van der Waals surface area contributed by atoms with Crippen molar-refractivity contribution in [3.05, 3.63) is 28.3 Å². The predicted octanol–water partition coefficient (Wildman–Crippen LogP) is 2.34. The fourth-order valence-electron chi connectivity index (χ4n) is 1.80. The molecule has 3 N–H and O–H groups in total. The number of aryl methyl sites for hydroxylation is 1. The van der Waals surface area contributed by atoms with Gasteiger partial charge in [-0.3, -0.25) is 0 Å². The van der Waals surface area contributed by atoms with Crippen molar-refractivity contribution < 1.29 is 5.11 Å². The minimum absolute atomic E-state index is 0.0439. The van der Waals surface area contributed by atoms with Crippen molar-refractivity contribution in [3.63, 3.8) is 0 Å². The van der Waals surface area contributed by atoms with Gasteiger partial charge in [0, 0.05) is 12.0 Å². The zero-order valence-corrected chi connectivity index (χ0v) is 8.93. The number of hydrogen-bond acceptors (Lipinski definition) is 2. The smallest absolute Gasteiger partial charge is 0.137 e. The lowest BCUT2D eigenvalue weighted by atomic mass is 9.95. The van der Waals surface area contributed by atoms with Gasteiger partial charge in [-0.05, 0) is 30.9 Å². The number of hydrogen-bond donors (Lipinski definition) is 2. The van der Waals surface area contributed by atoms with Crippen LogP contribution in [-0.2, 0) is 5.41 Å². The molecule has 1 aromatic rings. The topological polar surface area (TPSA) is 46.2 Å². The molecule has 0 saturated heterocycles. The van der Waals surface area contributed by atoms with E-state index in [-0.39, 0.29) is 11.2 Å². The molecule has 0 bridgehead atoms. The van der Waals surface area contributed by atoms with Crippen molar-refractivity contribution in [1.29, 1.82) is 0 Å². The Morgan fingerprint density at radius 1 is 1.50 bits per heavy atom. The van der Waals surface area contributed by atoms with Gasteiger partial charge in [0.05, 0.1) is 5.02 Å². The maximum Gasteiger partial charge on any atom is 0.137 e. The average Bonchev–Trinajstić information content (AvgIpc) is 2.95. The van der Waals surface area contributed by atoms with Crippen LogP contribution < -0.4 is 5.73 Å². The maximum atomic E-state index is 9.70. The molecule has 0 heterocycles. The number of halogens is 1. The van der Waals surface area contributed by atoms with Gasteiger partial charge in [-0.25, -0.2) is 0 Å². The minimum Gasteiger partial charge on any atom is -0.506 e. The summed E-state index contributed by atoms with van der Waals surface area (Å²) in [4.78, 5) is 0. The molecule has 1 fully saturated rings. The Labute approximate surface area is 88.7 Å². The molecule has 0 aromatic heterocycles. The van der Waals surface area contributed by atoms with Crippen LogP contribution in [0.4, 0.5) is 0 Å². The van der Waals surface area contributed by atoms with E-state index in [2.05, 4.69) is 0 Å². The molecule has 1 aliphatic rings. The Bertz CT molecular complexity index is 372. The Morgan fingerprint density at radius 3 is 2.64 bits per heavy atom. The minimum atomic E-state index is 0.0439. The molecule has 1 saturated carbocycles. The van der Waals surface area contributed by atoms with Crippen LogP contribution in [0.1, 0.15) is 24.0 Å². The van der Waals surface area contributed by atoms with E-state index >= 15 is 0 Å². The Balaban J connectivity index is 2.50. The number of benzene rings is 1. The highest BCUT2D eigenvalue weighted by Crippen LogP contribution is 2.51. The van der Waals surface area contributed by atoms with Crippen molar-refractivity contribution in [2.45, 2.75) is 25.2 Å². The highest BCUT2D eigenvalue weighted by atomic mass is 35.5. The van der Waals surface area contributed by atoms with Gasteiger partial charge in [0.2, 0.25) is 0 Å². The lowest BCUT2D eigenvalue weighted by Gasteiger charge is -2.16. The highest BCUT2D eigenvalue weighted by Gasteiger charge is 2.44. The lowest BCUT2D eigenvalue weighted by Crippen LogP contribution is -2.20. The summed E-state index contributed by atoms with van der Waals surface area (Å²) in [5.41, 5.74) is 7.58. The Morgan fingerprint density at radius 2 is 2.14 bits per heavy atom. The number of aromatic hydroxyl groups is 1. The molecular formula is C11H14ClNO. The lowest BCUT2D eigenvalue weighted by molar-refractivity contribution is 0.469. The predicted molar refractivity (Wildman–Crippen MR) is 57.8 cm³/mol. The molecular weight excluding hydrogens is 198 g/mol. The summed E-state index contributed by atoms with van der Waals surface area (Å²) in [7, 11) is 0. The number of phenols is 1. The van der Waals surface area contributed by atoms with Crippen molar-refractivity contribution in [2.75, 3.05) is 6.54 Å². The second-order valence-corrected chi connectivity index (χ2v) is 4.46. The third-order valence-electron chi connectivity index (χ3n) is 3.13. The van der Waals surface area contributed by atoms with E-state index in [0.717, 1.165) is 24.0 Å². The Kier molecular flexibility index (Phi) is 2.20. The van der Waals surface area contributed by atoms with Crippen LogP contribution in [0.5, 0.6) is 5.75 Å². The number of rotatable bonds is 2. The van der Waals surface area contributed by atoms with Gasteiger partial charge >= 0.3 is 0 Å². The number of nitrogens with two attached hydrogens (primary N) is 1. The summed E-state index contributed by atoms with van der Waals surface area (Å²) in [6.45, 7) is 2.45. The first-order chi connectivity index (χ1) is 6.60. The normalized spacial score (nSPS) is 18.2. The quantitative estimate of drug-likeness (QED) is 0.789. The molecule has 2 rings (SSSR count). The van der Waals surface area contributed by atoms with E-state index < -0.39 is 0 Å². The monoisotopic (exact) mass is 211 g/mol. The fraction of sp³-hybridized carbons (Fsp3) is 0.455. The summed E-state index contributed by atoms with van der Waals surface area (Å²) in [6.07, 6.45) is 2.15. The van der Waals surface area contributed by atoms with Crippen LogP contribution >= 0.6 is 11.6 Å². The first-order valence-electron chi connectivity index (χ1n) is 4.79. The van der Waals surface area contributed by atoms with E-state index in [1.165, 1.54) is 0 Å². The Hall–Kier alpha value is -0.730. The van der Waals surface area contributed by atoms with Gasteiger partial charge in [-0.15, -0.1) is 0 Å². The summed E-state index contributed by atoms with van der Waals surface area (Å²) >= 11 is 6.10. The average molecular weight is 212 g/mol. The van der Waals surface area contributed by atoms with E-state index in [1.807, 2.05) is 19.1 Å². The SMILES string of the molecule is Cc1ccc(C2(CN)CC2)c(Cl)c1O. The van der Waals surface area contributed by atoms with Crippen LogP contribution in [0.3, 0.4) is 0 Å². The summed E-state index contributed by atoms with van der Waals surface area (Å²) in [6, 6.07) is 3.88. The third-order valence-corrected chi connectivity index (χ3v) is 3.52. The van der Waals surface area contributed by atoms with E-state index in [0.29, 0.717) is 11.6 Å². The molecule has 0 atom stereocenters. The molecule has 0 radical (unpaired) electrons. The first kappa shape index (κ1) is 9.81. The number of phenolic OH excluding ortho intramolecular Hbond substituents is 1. The van der Waals surface area contributed by atoms with Gasteiger partial charge in [0.25, 0.3) is 0 Å². The maximum absolute atomic E-state index is 9.70. The van der Waals surface area contributed by atoms with Crippen LogP contribution in [0.15, 0.2) is 12.1 Å². The molecule has 0 spiro atoms. The van der Waals surface area contributed by atoms with Crippen LogP contribution in [-0.4, -0.2) is 11.7 Å². The molecule has 3 heteroatoms. The van der Waals surface area contributed by atoms with E-state index in [9.17, 15) is 5.11 Å². The second-order valence-electron chi connectivity index (χ2n) is 4.08. The summed E-state index contributed by atoms with van der Waals surface area (Å²) in [5, 5.41) is 10.2. The fourth-order valence-corrected chi connectivity index (χ4v) is 2.22. The van der Waals surface area contributed by atoms with Crippen molar-refractivity contribution in [2.24, 2.45) is 5.73 Å². The zero-order valence-electron chi connectivity index (χ0n) is 8.18. The molecule has 2 nitrogen and oxygen atoms in total. The van der Waals surface area contributed by atoms with Gasteiger partial charge in [-0.1, -0.05) is 23.7 Å². The van der Waals surface area contributed by atoms with Crippen molar-refractivity contribution in [1.82, 2.24) is 0 Å². The molecule has 14 heavy (non-hydrogen) atoms. The van der Waals surface area contributed by atoms with Crippen LogP contribution in [0.25, 0.3) is 0 Å². The highest BCUT2D eigenvalue weighted by molar-refractivity contribution is 6.33. The van der Waals surface area contributed by atoms with Gasteiger partial charge in [-0.2, -0.15) is 0 Å². The van der Waals surface area contributed by atoms with E-state index in [1.54, 1.807) is 0 Å². The van der Waals surface area contributed by atoms with Gasteiger partial charge < -0.3 is 10.8 Å². The van der Waals surface area contributed by atoms with Crippen LogP contribution in [0, 0.1) is 6.92 Å². The van der Waals surface area contributed by atoms with Gasteiger partial charge in [0.15, 0.2) is 0 Å². The third kappa shape index (κ3) is 1.30. The van der Waals surface area contributed by atoms with Gasteiger partial charge in [0.1, 0.15) is 5.75 Å². The molecule has 76 valence electrons. The van der Waals surface area contributed by atoms with E-state index in [4.69, 9.17) is 17.3 Å². The molecule has 1 aromatic carbocycles.